The van der Waals surface area contributed by atoms with E-state index in [-0.39, 0.29) is 12.0 Å². The highest BCUT2D eigenvalue weighted by Gasteiger charge is 2.25. The zero-order chi connectivity index (χ0) is 9.10. The second kappa shape index (κ2) is 4.09. The molecule has 74 valence electrons. The Bertz CT molecular complexity index is 183. The summed E-state index contributed by atoms with van der Waals surface area (Å²) in [4.78, 5) is 11.4. The van der Waals surface area contributed by atoms with Gasteiger partial charge in [-0.2, -0.15) is 0 Å². The Kier molecular flexibility index (Phi) is 2.83. The fourth-order valence-corrected chi connectivity index (χ4v) is 1.69. The second-order valence-corrected chi connectivity index (χ2v) is 4.03. The molecule has 3 heteroatoms. The molecule has 1 aliphatic heterocycles. The average molecular weight is 183 g/mol. The molecule has 1 saturated carbocycles. The van der Waals surface area contributed by atoms with Crippen LogP contribution in [0.3, 0.4) is 0 Å². The van der Waals surface area contributed by atoms with Crippen molar-refractivity contribution in [3.8, 4) is 0 Å². The molecule has 1 N–H and O–H groups in total. The number of hydrogen-bond acceptors (Lipinski definition) is 2. The van der Waals surface area contributed by atoms with Gasteiger partial charge in [-0.15, -0.1) is 0 Å². The molecule has 0 aromatic carbocycles. The van der Waals surface area contributed by atoms with Crippen molar-refractivity contribution in [3.63, 3.8) is 0 Å². The summed E-state index contributed by atoms with van der Waals surface area (Å²) in [5.41, 5.74) is 0. The minimum absolute atomic E-state index is 0.175. The Labute approximate surface area is 78.8 Å². The molecule has 0 aromatic heterocycles. The van der Waals surface area contributed by atoms with Crippen LogP contribution in [-0.2, 0) is 9.53 Å². The van der Waals surface area contributed by atoms with E-state index in [0.29, 0.717) is 12.5 Å². The third-order valence-electron chi connectivity index (χ3n) is 2.63. The molecule has 2 rings (SSSR count). The standard InChI is InChI=1S/C10H17NO2/c12-10(11-8-4-5-8)7-9-3-1-2-6-13-9/h8-9H,1-7H2,(H,11,12). The third kappa shape index (κ3) is 2.99. The van der Waals surface area contributed by atoms with Gasteiger partial charge in [0.05, 0.1) is 12.5 Å². The van der Waals surface area contributed by atoms with Crippen LogP contribution in [0.25, 0.3) is 0 Å². The van der Waals surface area contributed by atoms with Gasteiger partial charge in [-0.1, -0.05) is 0 Å². The summed E-state index contributed by atoms with van der Waals surface area (Å²) >= 11 is 0. The molecule has 1 amide bonds. The summed E-state index contributed by atoms with van der Waals surface area (Å²) < 4.78 is 5.49. The van der Waals surface area contributed by atoms with Crippen LogP contribution in [0.4, 0.5) is 0 Å². The van der Waals surface area contributed by atoms with Gasteiger partial charge in [0.1, 0.15) is 0 Å². The Morgan fingerprint density at radius 3 is 2.77 bits per heavy atom. The first-order chi connectivity index (χ1) is 6.34. The van der Waals surface area contributed by atoms with Gasteiger partial charge in [0.2, 0.25) is 5.91 Å². The van der Waals surface area contributed by atoms with Crippen LogP contribution >= 0.6 is 0 Å². The lowest BCUT2D eigenvalue weighted by Gasteiger charge is -2.21. The quantitative estimate of drug-likeness (QED) is 0.714. The van der Waals surface area contributed by atoms with Crippen LogP contribution in [0.5, 0.6) is 0 Å². The molecule has 1 heterocycles. The summed E-state index contributed by atoms with van der Waals surface area (Å²) in [5, 5.41) is 2.98. The summed E-state index contributed by atoms with van der Waals surface area (Å²) in [6, 6.07) is 0.482. The van der Waals surface area contributed by atoms with E-state index >= 15 is 0 Å². The predicted octanol–water partition coefficient (Wildman–Crippen LogP) is 1.22. The van der Waals surface area contributed by atoms with Crippen molar-refractivity contribution in [3.05, 3.63) is 0 Å². The van der Waals surface area contributed by atoms with Crippen LogP contribution in [0.1, 0.15) is 38.5 Å². The van der Waals surface area contributed by atoms with Crippen LogP contribution in [0, 0.1) is 0 Å². The number of amides is 1. The van der Waals surface area contributed by atoms with Crippen molar-refractivity contribution < 1.29 is 9.53 Å². The Morgan fingerprint density at radius 1 is 1.31 bits per heavy atom. The third-order valence-corrected chi connectivity index (χ3v) is 2.63. The molecule has 1 saturated heterocycles. The lowest BCUT2D eigenvalue weighted by atomic mass is 10.1. The van der Waals surface area contributed by atoms with Crippen molar-refractivity contribution in [2.45, 2.75) is 50.7 Å². The van der Waals surface area contributed by atoms with Gasteiger partial charge in [0.15, 0.2) is 0 Å². The SMILES string of the molecule is O=C(CC1CCCCO1)NC1CC1. The second-order valence-electron chi connectivity index (χ2n) is 4.03. The summed E-state index contributed by atoms with van der Waals surface area (Å²) in [7, 11) is 0. The van der Waals surface area contributed by atoms with Crippen molar-refractivity contribution >= 4 is 5.91 Å². The summed E-state index contributed by atoms with van der Waals surface area (Å²) in [6.07, 6.45) is 6.50. The number of rotatable bonds is 3. The highest BCUT2D eigenvalue weighted by molar-refractivity contribution is 5.77. The topological polar surface area (TPSA) is 38.3 Å². The van der Waals surface area contributed by atoms with Crippen LogP contribution in [0.2, 0.25) is 0 Å². The molecule has 0 spiro atoms. The number of carbonyl (C=O) groups is 1. The first-order valence-electron chi connectivity index (χ1n) is 5.25. The molecule has 3 nitrogen and oxygen atoms in total. The van der Waals surface area contributed by atoms with Crippen molar-refractivity contribution in [1.29, 1.82) is 0 Å². The van der Waals surface area contributed by atoms with E-state index < -0.39 is 0 Å². The molecule has 1 unspecified atom stereocenters. The zero-order valence-corrected chi connectivity index (χ0v) is 7.92. The van der Waals surface area contributed by atoms with Gasteiger partial charge in [0, 0.05) is 12.6 Å². The Balaban J connectivity index is 1.66. The molecule has 0 bridgehead atoms. The van der Waals surface area contributed by atoms with E-state index in [1.54, 1.807) is 0 Å². The van der Waals surface area contributed by atoms with Crippen molar-refractivity contribution in [1.82, 2.24) is 5.32 Å². The van der Waals surface area contributed by atoms with E-state index in [4.69, 9.17) is 4.74 Å². The minimum atomic E-state index is 0.175. The molecule has 0 radical (unpaired) electrons. The first-order valence-corrected chi connectivity index (χ1v) is 5.25. The predicted molar refractivity (Wildman–Crippen MR) is 49.4 cm³/mol. The van der Waals surface area contributed by atoms with Crippen LogP contribution in [0.15, 0.2) is 0 Å². The fraction of sp³-hybridized carbons (Fsp3) is 0.900. The van der Waals surface area contributed by atoms with Crippen molar-refractivity contribution in [2.24, 2.45) is 0 Å². The van der Waals surface area contributed by atoms with Gasteiger partial charge in [-0.05, 0) is 32.1 Å². The molecule has 0 aromatic rings. The largest absolute Gasteiger partial charge is 0.378 e. The maximum Gasteiger partial charge on any atom is 0.222 e. The van der Waals surface area contributed by atoms with E-state index in [9.17, 15) is 4.79 Å². The molecule has 2 aliphatic rings. The van der Waals surface area contributed by atoms with E-state index in [1.165, 1.54) is 6.42 Å². The van der Waals surface area contributed by atoms with Crippen molar-refractivity contribution in [2.75, 3.05) is 6.61 Å². The highest BCUT2D eigenvalue weighted by Crippen LogP contribution is 2.20. The van der Waals surface area contributed by atoms with E-state index in [1.807, 2.05) is 0 Å². The molecule has 2 fully saturated rings. The molecule has 1 atom stereocenters. The number of hydrogen-bond donors (Lipinski definition) is 1. The molecule has 1 aliphatic carbocycles. The average Bonchev–Trinajstić information content (AvgIpc) is 2.90. The Morgan fingerprint density at radius 2 is 2.15 bits per heavy atom. The smallest absolute Gasteiger partial charge is 0.222 e. The lowest BCUT2D eigenvalue weighted by molar-refractivity contribution is -0.125. The highest BCUT2D eigenvalue weighted by atomic mass is 16.5. The number of nitrogens with one attached hydrogen (secondary N) is 1. The van der Waals surface area contributed by atoms with Crippen LogP contribution < -0.4 is 5.32 Å². The van der Waals surface area contributed by atoms with Gasteiger partial charge < -0.3 is 10.1 Å². The molecule has 13 heavy (non-hydrogen) atoms. The lowest BCUT2D eigenvalue weighted by Crippen LogP contribution is -2.31. The summed E-state index contributed by atoms with van der Waals surface area (Å²) in [5.74, 6) is 0.175. The van der Waals surface area contributed by atoms with Gasteiger partial charge in [-0.3, -0.25) is 4.79 Å². The van der Waals surface area contributed by atoms with Gasteiger partial charge >= 0.3 is 0 Å². The summed E-state index contributed by atoms with van der Waals surface area (Å²) in [6.45, 7) is 0.835. The first kappa shape index (κ1) is 9.00. The van der Waals surface area contributed by atoms with E-state index in [0.717, 1.165) is 32.3 Å². The maximum atomic E-state index is 11.4. The van der Waals surface area contributed by atoms with Gasteiger partial charge in [0.25, 0.3) is 0 Å². The molecular weight excluding hydrogens is 166 g/mol. The van der Waals surface area contributed by atoms with E-state index in [2.05, 4.69) is 5.32 Å². The Hall–Kier alpha value is -0.570. The fourth-order valence-electron chi connectivity index (χ4n) is 1.69. The number of ether oxygens (including phenoxy) is 1. The number of carbonyl (C=O) groups excluding carboxylic acids is 1. The monoisotopic (exact) mass is 183 g/mol. The zero-order valence-electron chi connectivity index (χ0n) is 7.92. The normalized spacial score (nSPS) is 28.5. The molecular formula is C10H17NO2. The minimum Gasteiger partial charge on any atom is -0.378 e. The van der Waals surface area contributed by atoms with Gasteiger partial charge in [-0.25, -0.2) is 0 Å². The van der Waals surface area contributed by atoms with Crippen LogP contribution in [-0.4, -0.2) is 24.7 Å². The maximum absolute atomic E-state index is 11.4.